The van der Waals surface area contributed by atoms with Crippen LogP contribution in [0.4, 0.5) is 5.69 Å². The zero-order chi connectivity index (χ0) is 18.0. The number of non-ortho nitro benzene ring substituents is 1. The van der Waals surface area contributed by atoms with Gasteiger partial charge in [0.2, 0.25) is 20.0 Å². The molecular weight excluding hydrogens is 358 g/mol. The number of nitro benzene ring substituents is 1. The van der Waals surface area contributed by atoms with Crippen LogP contribution < -0.4 is 0 Å². The first-order valence-corrected chi connectivity index (χ1v) is 10.5. The van der Waals surface area contributed by atoms with Crippen molar-refractivity contribution in [3.05, 3.63) is 34.4 Å². The normalized spacial score (nSPS) is 17.7. The maximum absolute atomic E-state index is 12.5. The molecule has 0 radical (unpaired) electrons. The SMILES string of the molecule is CCCS(=O)(=O)N1CCN(S(=O)(=O)c2ccc([N+](=O)[O-])cc2)CC1. The van der Waals surface area contributed by atoms with Gasteiger partial charge in [-0.2, -0.15) is 8.61 Å². The Morgan fingerprint density at radius 1 is 1.00 bits per heavy atom. The average molecular weight is 377 g/mol. The van der Waals surface area contributed by atoms with Gasteiger partial charge in [0.1, 0.15) is 0 Å². The van der Waals surface area contributed by atoms with E-state index in [4.69, 9.17) is 0 Å². The van der Waals surface area contributed by atoms with E-state index < -0.39 is 25.0 Å². The number of hydrogen-bond acceptors (Lipinski definition) is 6. The highest BCUT2D eigenvalue weighted by molar-refractivity contribution is 7.89. The maximum Gasteiger partial charge on any atom is 0.269 e. The molecule has 1 fully saturated rings. The Bertz CT molecular complexity index is 797. The lowest BCUT2D eigenvalue weighted by molar-refractivity contribution is -0.384. The average Bonchev–Trinajstić information content (AvgIpc) is 2.55. The van der Waals surface area contributed by atoms with Crippen LogP contribution in [0.5, 0.6) is 0 Å². The molecule has 24 heavy (non-hydrogen) atoms. The maximum atomic E-state index is 12.5. The molecule has 0 atom stereocenters. The van der Waals surface area contributed by atoms with Crippen molar-refractivity contribution in [2.45, 2.75) is 18.2 Å². The molecule has 0 N–H and O–H groups in total. The summed E-state index contributed by atoms with van der Waals surface area (Å²) < 4.78 is 51.6. The highest BCUT2D eigenvalue weighted by Gasteiger charge is 2.32. The largest absolute Gasteiger partial charge is 0.269 e. The van der Waals surface area contributed by atoms with Crippen molar-refractivity contribution in [3.8, 4) is 0 Å². The highest BCUT2D eigenvalue weighted by Crippen LogP contribution is 2.21. The van der Waals surface area contributed by atoms with E-state index in [1.165, 1.54) is 20.7 Å². The monoisotopic (exact) mass is 377 g/mol. The molecular formula is C13H19N3O6S2. The van der Waals surface area contributed by atoms with Crippen LogP contribution in [0.3, 0.4) is 0 Å². The van der Waals surface area contributed by atoms with E-state index in [-0.39, 0.29) is 42.5 Å². The molecule has 1 heterocycles. The van der Waals surface area contributed by atoms with E-state index in [9.17, 15) is 26.9 Å². The summed E-state index contributed by atoms with van der Waals surface area (Å²) in [6.07, 6.45) is 0.504. The third kappa shape index (κ3) is 3.91. The van der Waals surface area contributed by atoms with Gasteiger partial charge in [0.05, 0.1) is 15.6 Å². The molecule has 0 amide bonds. The van der Waals surface area contributed by atoms with Crippen molar-refractivity contribution < 1.29 is 21.8 Å². The zero-order valence-corrected chi connectivity index (χ0v) is 14.8. The number of piperazine rings is 1. The molecule has 134 valence electrons. The van der Waals surface area contributed by atoms with E-state index in [0.29, 0.717) is 6.42 Å². The summed E-state index contributed by atoms with van der Waals surface area (Å²) in [7, 11) is -7.14. The summed E-state index contributed by atoms with van der Waals surface area (Å²) in [5.74, 6) is 0.0438. The molecule has 1 aliphatic rings. The fraction of sp³-hybridized carbons (Fsp3) is 0.538. The second kappa shape index (κ2) is 7.13. The molecule has 0 aliphatic carbocycles. The van der Waals surface area contributed by atoms with Gasteiger partial charge >= 0.3 is 0 Å². The first kappa shape index (κ1) is 18.8. The van der Waals surface area contributed by atoms with Gasteiger partial charge in [-0.1, -0.05) is 6.92 Å². The third-order valence-corrected chi connectivity index (χ3v) is 7.73. The van der Waals surface area contributed by atoms with Crippen LogP contribution in [0.15, 0.2) is 29.2 Å². The van der Waals surface area contributed by atoms with Crippen LogP contribution in [0.25, 0.3) is 0 Å². The molecule has 1 aromatic rings. The van der Waals surface area contributed by atoms with Gasteiger partial charge in [-0.05, 0) is 18.6 Å². The fourth-order valence-corrected chi connectivity index (χ4v) is 5.38. The molecule has 1 aliphatic heterocycles. The van der Waals surface area contributed by atoms with Crippen molar-refractivity contribution >= 4 is 25.7 Å². The fourth-order valence-electron chi connectivity index (χ4n) is 2.46. The number of sulfonamides is 2. The van der Waals surface area contributed by atoms with Gasteiger partial charge in [-0.15, -0.1) is 0 Å². The number of nitrogens with zero attached hydrogens (tertiary/aromatic N) is 3. The Labute approximate surface area is 141 Å². The lowest BCUT2D eigenvalue weighted by Gasteiger charge is -2.33. The molecule has 0 bridgehead atoms. The van der Waals surface area contributed by atoms with E-state index >= 15 is 0 Å². The number of benzene rings is 1. The summed E-state index contributed by atoms with van der Waals surface area (Å²) >= 11 is 0. The molecule has 1 aromatic carbocycles. The van der Waals surface area contributed by atoms with Crippen molar-refractivity contribution in [1.82, 2.24) is 8.61 Å². The van der Waals surface area contributed by atoms with E-state index in [0.717, 1.165) is 12.1 Å². The predicted octanol–water partition coefficient (Wildman–Crippen LogP) is 0.641. The van der Waals surface area contributed by atoms with Gasteiger partial charge in [0, 0.05) is 38.3 Å². The molecule has 0 saturated carbocycles. The Hall–Kier alpha value is -1.56. The van der Waals surface area contributed by atoms with Gasteiger partial charge in [-0.3, -0.25) is 10.1 Å². The van der Waals surface area contributed by atoms with Gasteiger partial charge < -0.3 is 0 Å². The highest BCUT2D eigenvalue weighted by atomic mass is 32.2. The molecule has 0 spiro atoms. The van der Waals surface area contributed by atoms with Crippen LogP contribution in [-0.2, 0) is 20.0 Å². The standard InChI is InChI=1S/C13H19N3O6S2/c1-2-11-23(19,20)14-7-9-15(10-8-14)24(21,22)13-5-3-12(4-6-13)16(17)18/h3-6H,2,7-11H2,1H3. The minimum Gasteiger partial charge on any atom is -0.258 e. The zero-order valence-electron chi connectivity index (χ0n) is 13.2. The lowest BCUT2D eigenvalue weighted by Crippen LogP contribution is -2.50. The Morgan fingerprint density at radius 2 is 1.50 bits per heavy atom. The molecule has 2 rings (SSSR count). The van der Waals surface area contributed by atoms with Crippen molar-refractivity contribution in [2.75, 3.05) is 31.9 Å². The summed E-state index contributed by atoms with van der Waals surface area (Å²) in [6, 6.07) is 4.64. The summed E-state index contributed by atoms with van der Waals surface area (Å²) in [5.41, 5.74) is -0.190. The second-order valence-corrected chi connectivity index (χ2v) is 9.40. The van der Waals surface area contributed by atoms with Crippen LogP contribution in [0.1, 0.15) is 13.3 Å². The summed E-state index contributed by atoms with van der Waals surface area (Å²) in [4.78, 5) is 9.98. The van der Waals surface area contributed by atoms with E-state index in [1.54, 1.807) is 6.92 Å². The van der Waals surface area contributed by atoms with Gasteiger partial charge in [0.25, 0.3) is 5.69 Å². The minimum absolute atomic E-state index is 0.0436. The van der Waals surface area contributed by atoms with E-state index in [2.05, 4.69) is 0 Å². The number of nitro groups is 1. The first-order valence-electron chi connectivity index (χ1n) is 7.41. The Kier molecular flexibility index (Phi) is 5.58. The lowest BCUT2D eigenvalue weighted by atomic mass is 10.3. The van der Waals surface area contributed by atoms with Crippen molar-refractivity contribution in [1.29, 1.82) is 0 Å². The molecule has 9 nitrogen and oxygen atoms in total. The molecule has 1 saturated heterocycles. The molecule has 0 unspecified atom stereocenters. The van der Waals surface area contributed by atoms with Crippen molar-refractivity contribution in [3.63, 3.8) is 0 Å². The van der Waals surface area contributed by atoms with Gasteiger partial charge in [0.15, 0.2) is 0 Å². The quantitative estimate of drug-likeness (QED) is 0.530. The van der Waals surface area contributed by atoms with Crippen LogP contribution >= 0.6 is 0 Å². The topological polar surface area (TPSA) is 118 Å². The van der Waals surface area contributed by atoms with Crippen LogP contribution in [0.2, 0.25) is 0 Å². The second-order valence-electron chi connectivity index (χ2n) is 5.37. The molecule has 0 aromatic heterocycles. The minimum atomic E-state index is -3.80. The third-order valence-electron chi connectivity index (χ3n) is 3.74. The van der Waals surface area contributed by atoms with Crippen molar-refractivity contribution in [2.24, 2.45) is 0 Å². The first-order chi connectivity index (χ1) is 11.2. The predicted molar refractivity (Wildman–Crippen MR) is 87.5 cm³/mol. The number of rotatable bonds is 6. The van der Waals surface area contributed by atoms with Crippen LogP contribution in [0, 0.1) is 10.1 Å². The van der Waals surface area contributed by atoms with Crippen LogP contribution in [-0.4, -0.2) is 62.3 Å². The molecule has 11 heteroatoms. The Balaban J connectivity index is 2.11. The number of hydrogen-bond donors (Lipinski definition) is 0. The summed E-state index contributed by atoms with van der Waals surface area (Å²) in [6.45, 7) is 2.10. The summed E-state index contributed by atoms with van der Waals surface area (Å²) in [5, 5.41) is 10.6. The Morgan fingerprint density at radius 3 is 1.96 bits per heavy atom. The van der Waals surface area contributed by atoms with E-state index in [1.807, 2.05) is 0 Å². The smallest absolute Gasteiger partial charge is 0.258 e. The van der Waals surface area contributed by atoms with Gasteiger partial charge in [-0.25, -0.2) is 16.8 Å².